The van der Waals surface area contributed by atoms with E-state index in [-0.39, 0.29) is 17.9 Å². The van der Waals surface area contributed by atoms with Gasteiger partial charge in [-0.3, -0.25) is 9.59 Å². The summed E-state index contributed by atoms with van der Waals surface area (Å²) in [6.07, 6.45) is 0.278. The van der Waals surface area contributed by atoms with E-state index in [9.17, 15) is 14.4 Å². The van der Waals surface area contributed by atoms with E-state index in [1.165, 1.54) is 14.0 Å². The third-order valence-corrected chi connectivity index (χ3v) is 2.83. The molecular formula is C16H20N2O4. The van der Waals surface area contributed by atoms with Crippen molar-refractivity contribution in [3.05, 3.63) is 42.0 Å². The van der Waals surface area contributed by atoms with Crippen molar-refractivity contribution in [2.45, 2.75) is 26.3 Å². The number of esters is 1. The Labute approximate surface area is 129 Å². The summed E-state index contributed by atoms with van der Waals surface area (Å²) in [7, 11) is 1.26. The van der Waals surface area contributed by atoms with Crippen molar-refractivity contribution >= 4 is 23.5 Å². The number of carbonyl (C=O) groups is 3. The first-order valence-corrected chi connectivity index (χ1v) is 6.74. The first-order chi connectivity index (χ1) is 10.3. The lowest BCUT2D eigenvalue weighted by Crippen LogP contribution is -2.41. The summed E-state index contributed by atoms with van der Waals surface area (Å²) < 4.78 is 4.68. The summed E-state index contributed by atoms with van der Waals surface area (Å²) in [5.41, 5.74) is 1.39. The molecule has 0 saturated carbocycles. The van der Waals surface area contributed by atoms with Gasteiger partial charge in [0.2, 0.25) is 5.91 Å². The Hall–Kier alpha value is -2.63. The molecule has 0 unspecified atom stereocenters. The first-order valence-electron chi connectivity index (χ1n) is 6.74. The van der Waals surface area contributed by atoms with Crippen LogP contribution in [-0.2, 0) is 14.3 Å². The van der Waals surface area contributed by atoms with E-state index in [4.69, 9.17) is 0 Å². The number of nitrogens with one attached hydrogen (secondary N) is 2. The molecule has 0 aliphatic carbocycles. The molecule has 1 aromatic carbocycles. The normalized spacial score (nSPS) is 11.2. The lowest BCUT2D eigenvalue weighted by atomic mass is 10.1. The van der Waals surface area contributed by atoms with E-state index >= 15 is 0 Å². The van der Waals surface area contributed by atoms with Gasteiger partial charge >= 0.3 is 5.97 Å². The van der Waals surface area contributed by atoms with Crippen LogP contribution >= 0.6 is 0 Å². The largest absolute Gasteiger partial charge is 0.467 e. The van der Waals surface area contributed by atoms with Crippen LogP contribution in [0.3, 0.4) is 0 Å². The maximum absolute atomic E-state index is 12.4. The molecule has 0 aliphatic heterocycles. The number of rotatable bonds is 6. The smallest absolute Gasteiger partial charge is 0.328 e. The van der Waals surface area contributed by atoms with Gasteiger partial charge in [0.1, 0.15) is 6.04 Å². The number of para-hydroxylation sites is 1. The van der Waals surface area contributed by atoms with Crippen molar-refractivity contribution in [3.63, 3.8) is 0 Å². The molecule has 22 heavy (non-hydrogen) atoms. The highest BCUT2D eigenvalue weighted by atomic mass is 16.5. The van der Waals surface area contributed by atoms with Crippen molar-refractivity contribution in [2.75, 3.05) is 12.4 Å². The minimum Gasteiger partial charge on any atom is -0.467 e. The van der Waals surface area contributed by atoms with Crippen LogP contribution in [0.25, 0.3) is 0 Å². The molecule has 0 saturated heterocycles. The second-order valence-electron chi connectivity index (χ2n) is 4.94. The summed E-state index contributed by atoms with van der Waals surface area (Å²) in [4.78, 5) is 35.3. The predicted molar refractivity (Wildman–Crippen MR) is 83.4 cm³/mol. The summed E-state index contributed by atoms with van der Waals surface area (Å²) in [5.74, 6) is -1.30. The first kappa shape index (κ1) is 17.4. The van der Waals surface area contributed by atoms with Crippen LogP contribution in [0.1, 0.15) is 30.6 Å². The van der Waals surface area contributed by atoms with Gasteiger partial charge in [0.25, 0.3) is 5.91 Å². The van der Waals surface area contributed by atoms with Crippen LogP contribution in [0.15, 0.2) is 36.4 Å². The van der Waals surface area contributed by atoms with Crippen LogP contribution in [-0.4, -0.2) is 30.9 Å². The van der Waals surface area contributed by atoms with Crippen LogP contribution in [0, 0.1) is 0 Å². The number of hydrogen-bond donors (Lipinski definition) is 2. The molecule has 1 atom stereocenters. The van der Waals surface area contributed by atoms with E-state index in [1.807, 2.05) is 0 Å². The number of ether oxygens (including phenoxy) is 1. The molecule has 0 radical (unpaired) electrons. The lowest BCUT2D eigenvalue weighted by Gasteiger charge is -2.17. The van der Waals surface area contributed by atoms with Crippen molar-refractivity contribution in [1.82, 2.24) is 5.32 Å². The van der Waals surface area contributed by atoms with Crippen LogP contribution in [0.5, 0.6) is 0 Å². The highest BCUT2D eigenvalue weighted by Crippen LogP contribution is 2.16. The van der Waals surface area contributed by atoms with Gasteiger partial charge in [0.15, 0.2) is 0 Å². The zero-order valence-electron chi connectivity index (χ0n) is 12.9. The molecule has 0 fully saturated rings. The van der Waals surface area contributed by atoms with Crippen LogP contribution in [0.4, 0.5) is 5.69 Å². The molecule has 2 N–H and O–H groups in total. The van der Waals surface area contributed by atoms with Gasteiger partial charge in [-0.1, -0.05) is 17.7 Å². The second-order valence-corrected chi connectivity index (χ2v) is 4.94. The molecule has 1 rings (SSSR count). The maximum Gasteiger partial charge on any atom is 0.328 e. The Morgan fingerprint density at radius 3 is 2.41 bits per heavy atom. The topological polar surface area (TPSA) is 84.5 Å². The highest BCUT2D eigenvalue weighted by molar-refractivity contribution is 6.04. The minimum atomic E-state index is -0.819. The monoisotopic (exact) mass is 304 g/mol. The molecule has 0 heterocycles. The maximum atomic E-state index is 12.4. The van der Waals surface area contributed by atoms with E-state index in [1.54, 1.807) is 31.2 Å². The van der Waals surface area contributed by atoms with E-state index in [2.05, 4.69) is 21.9 Å². The van der Waals surface area contributed by atoms with Gasteiger partial charge in [0, 0.05) is 6.92 Å². The number of amides is 2. The fraction of sp³-hybridized carbons (Fsp3) is 0.312. The number of hydrogen-bond acceptors (Lipinski definition) is 4. The number of anilines is 1. The Kier molecular flexibility index (Phi) is 6.31. The van der Waals surface area contributed by atoms with E-state index < -0.39 is 17.9 Å². The Bertz CT molecular complexity index is 596. The molecular weight excluding hydrogens is 284 g/mol. The van der Waals surface area contributed by atoms with Gasteiger partial charge in [-0.25, -0.2) is 4.79 Å². The molecule has 0 spiro atoms. The standard InChI is InChI=1S/C16H20N2O4/c1-10(2)9-14(16(21)22-4)18-15(20)12-7-5-6-8-13(12)17-11(3)19/h5-8,14H,1,9H2,2-4H3,(H,17,19)(H,18,20)/t14-/m1/s1. The third kappa shape index (κ3) is 5.05. The Morgan fingerprint density at radius 2 is 1.86 bits per heavy atom. The Balaban J connectivity index is 2.97. The zero-order chi connectivity index (χ0) is 16.7. The van der Waals surface area contributed by atoms with E-state index in [0.29, 0.717) is 5.69 Å². The lowest BCUT2D eigenvalue weighted by molar-refractivity contribution is -0.142. The molecule has 0 aromatic heterocycles. The van der Waals surface area contributed by atoms with Gasteiger partial charge in [0.05, 0.1) is 18.4 Å². The molecule has 0 bridgehead atoms. The average molecular weight is 304 g/mol. The summed E-state index contributed by atoms with van der Waals surface area (Å²) in [5, 5.41) is 5.18. The van der Waals surface area contributed by atoms with Crippen molar-refractivity contribution in [2.24, 2.45) is 0 Å². The van der Waals surface area contributed by atoms with Crippen molar-refractivity contribution in [3.8, 4) is 0 Å². The molecule has 6 nitrogen and oxygen atoms in total. The molecule has 0 aliphatic rings. The molecule has 2 amide bonds. The molecule has 1 aromatic rings. The van der Waals surface area contributed by atoms with E-state index in [0.717, 1.165) is 5.57 Å². The fourth-order valence-corrected chi connectivity index (χ4v) is 1.90. The van der Waals surface area contributed by atoms with Crippen LogP contribution in [0.2, 0.25) is 0 Å². The zero-order valence-corrected chi connectivity index (χ0v) is 12.9. The summed E-state index contributed by atoms with van der Waals surface area (Å²) >= 11 is 0. The third-order valence-electron chi connectivity index (χ3n) is 2.83. The summed E-state index contributed by atoms with van der Waals surface area (Å²) in [6, 6.07) is 5.73. The van der Waals surface area contributed by atoms with Crippen LogP contribution < -0.4 is 10.6 Å². The second kappa shape index (κ2) is 7.97. The van der Waals surface area contributed by atoms with Gasteiger partial charge in [-0.05, 0) is 25.5 Å². The van der Waals surface area contributed by atoms with Crippen molar-refractivity contribution in [1.29, 1.82) is 0 Å². The van der Waals surface area contributed by atoms with Gasteiger partial charge < -0.3 is 15.4 Å². The minimum absolute atomic E-state index is 0.272. The predicted octanol–water partition coefficient (Wildman–Crippen LogP) is 1.88. The highest BCUT2D eigenvalue weighted by Gasteiger charge is 2.23. The molecule has 6 heteroatoms. The summed E-state index contributed by atoms with van der Waals surface area (Å²) in [6.45, 7) is 6.84. The number of benzene rings is 1. The van der Waals surface area contributed by atoms with Crippen molar-refractivity contribution < 1.29 is 19.1 Å². The quantitative estimate of drug-likeness (QED) is 0.621. The molecule has 118 valence electrons. The van der Waals surface area contributed by atoms with Gasteiger partial charge in [-0.2, -0.15) is 0 Å². The fourth-order valence-electron chi connectivity index (χ4n) is 1.90. The average Bonchev–Trinajstić information content (AvgIpc) is 2.45. The number of methoxy groups -OCH3 is 1. The SMILES string of the molecule is C=C(C)C[C@@H](NC(=O)c1ccccc1NC(C)=O)C(=O)OC. The Morgan fingerprint density at radius 1 is 1.23 bits per heavy atom. The van der Waals surface area contributed by atoms with Gasteiger partial charge in [-0.15, -0.1) is 6.58 Å². The number of carbonyl (C=O) groups excluding carboxylic acids is 3.